The van der Waals surface area contributed by atoms with Gasteiger partial charge in [0.2, 0.25) is 0 Å². The van der Waals surface area contributed by atoms with Crippen LogP contribution in [0, 0.1) is 0 Å². The van der Waals surface area contributed by atoms with E-state index in [1.807, 2.05) is 25.9 Å². The molecule has 0 spiro atoms. The molecule has 5 heteroatoms. The maximum Gasteiger partial charge on any atom is 0.161 e. The molecule has 0 bridgehead atoms. The quantitative estimate of drug-likeness (QED) is 0.937. The molecule has 0 amide bonds. The average Bonchev–Trinajstić information content (AvgIpc) is 2.96. The summed E-state index contributed by atoms with van der Waals surface area (Å²) in [6.07, 6.45) is 0. The van der Waals surface area contributed by atoms with Crippen molar-refractivity contribution in [3.05, 3.63) is 35.5 Å². The van der Waals surface area contributed by atoms with Gasteiger partial charge in [-0.2, -0.15) is 11.8 Å². The lowest BCUT2D eigenvalue weighted by molar-refractivity contribution is 1.05. The summed E-state index contributed by atoms with van der Waals surface area (Å²) >= 11 is 1.90. The van der Waals surface area contributed by atoms with Crippen LogP contribution in [0.25, 0.3) is 11.4 Å². The van der Waals surface area contributed by atoms with Crippen LogP contribution in [0.1, 0.15) is 18.2 Å². The van der Waals surface area contributed by atoms with Gasteiger partial charge in [-0.05, 0) is 31.2 Å². The Labute approximate surface area is 130 Å². The van der Waals surface area contributed by atoms with Gasteiger partial charge in [0.25, 0.3) is 0 Å². The standard InChI is InChI=1S/C16H20N4S/c1-4-17-16-13-9-21-10-14(13)18-15(19-16)11-5-7-12(8-6-11)20(2)3/h5-8H,4,9-10H2,1-3H3,(H,17,18,19). The van der Waals surface area contributed by atoms with Gasteiger partial charge >= 0.3 is 0 Å². The minimum atomic E-state index is 0.817. The molecule has 21 heavy (non-hydrogen) atoms. The van der Waals surface area contributed by atoms with Crippen LogP contribution in [0.4, 0.5) is 11.5 Å². The number of rotatable bonds is 4. The molecule has 1 aliphatic rings. The molecule has 3 rings (SSSR count). The van der Waals surface area contributed by atoms with E-state index in [1.54, 1.807) is 0 Å². The minimum Gasteiger partial charge on any atom is -0.378 e. The first-order valence-electron chi connectivity index (χ1n) is 7.18. The number of aromatic nitrogens is 2. The molecule has 0 saturated carbocycles. The predicted octanol–water partition coefficient (Wildman–Crippen LogP) is 3.39. The number of hydrogen-bond acceptors (Lipinski definition) is 5. The Morgan fingerprint density at radius 3 is 2.57 bits per heavy atom. The lowest BCUT2D eigenvalue weighted by Gasteiger charge is -2.13. The zero-order chi connectivity index (χ0) is 14.8. The van der Waals surface area contributed by atoms with Gasteiger partial charge in [-0.1, -0.05) is 0 Å². The van der Waals surface area contributed by atoms with E-state index in [4.69, 9.17) is 9.97 Å². The van der Waals surface area contributed by atoms with Gasteiger partial charge in [0, 0.05) is 49.0 Å². The highest BCUT2D eigenvalue weighted by atomic mass is 32.2. The predicted molar refractivity (Wildman–Crippen MR) is 91.0 cm³/mol. The normalized spacial score (nSPS) is 13.1. The van der Waals surface area contributed by atoms with E-state index < -0.39 is 0 Å². The Morgan fingerprint density at radius 1 is 1.14 bits per heavy atom. The Balaban J connectivity index is 2.00. The van der Waals surface area contributed by atoms with Crippen LogP contribution in [0.5, 0.6) is 0 Å². The highest BCUT2D eigenvalue weighted by Gasteiger charge is 2.19. The molecular formula is C16H20N4S. The average molecular weight is 300 g/mol. The van der Waals surface area contributed by atoms with Crippen molar-refractivity contribution in [2.45, 2.75) is 18.4 Å². The molecule has 0 unspecified atom stereocenters. The van der Waals surface area contributed by atoms with Crippen molar-refractivity contribution in [3.63, 3.8) is 0 Å². The first-order chi connectivity index (χ1) is 10.2. The molecule has 110 valence electrons. The molecule has 4 nitrogen and oxygen atoms in total. The smallest absolute Gasteiger partial charge is 0.161 e. The number of thioether (sulfide) groups is 1. The fraction of sp³-hybridized carbons (Fsp3) is 0.375. The van der Waals surface area contributed by atoms with Gasteiger partial charge in [0.15, 0.2) is 5.82 Å². The molecule has 2 heterocycles. The highest BCUT2D eigenvalue weighted by molar-refractivity contribution is 7.98. The van der Waals surface area contributed by atoms with Crippen molar-refractivity contribution < 1.29 is 0 Å². The molecule has 2 aromatic rings. The van der Waals surface area contributed by atoms with E-state index in [0.717, 1.165) is 35.3 Å². The summed E-state index contributed by atoms with van der Waals surface area (Å²) < 4.78 is 0. The second kappa shape index (κ2) is 5.93. The lowest BCUT2D eigenvalue weighted by atomic mass is 10.1. The summed E-state index contributed by atoms with van der Waals surface area (Å²) in [5.74, 6) is 3.81. The molecular weight excluding hydrogens is 280 g/mol. The number of anilines is 2. The monoisotopic (exact) mass is 300 g/mol. The Kier molecular flexibility index (Phi) is 4.01. The SMILES string of the molecule is CCNc1nc(-c2ccc(N(C)C)cc2)nc2c1CSC2. The fourth-order valence-electron chi connectivity index (χ4n) is 2.40. The largest absolute Gasteiger partial charge is 0.378 e. The molecule has 0 fully saturated rings. The molecule has 0 atom stereocenters. The van der Waals surface area contributed by atoms with Crippen LogP contribution >= 0.6 is 11.8 Å². The third kappa shape index (κ3) is 2.83. The van der Waals surface area contributed by atoms with Gasteiger partial charge in [-0.25, -0.2) is 9.97 Å². The van der Waals surface area contributed by atoms with Crippen molar-refractivity contribution in [1.29, 1.82) is 0 Å². The number of nitrogens with one attached hydrogen (secondary N) is 1. The third-order valence-corrected chi connectivity index (χ3v) is 4.53. The summed E-state index contributed by atoms with van der Waals surface area (Å²) in [6.45, 7) is 2.98. The molecule has 0 radical (unpaired) electrons. The second-order valence-electron chi connectivity index (χ2n) is 5.29. The Bertz CT molecular complexity index is 637. The van der Waals surface area contributed by atoms with Crippen LogP contribution < -0.4 is 10.2 Å². The number of hydrogen-bond donors (Lipinski definition) is 1. The Hall–Kier alpha value is -1.75. The van der Waals surface area contributed by atoms with Gasteiger partial charge < -0.3 is 10.2 Å². The zero-order valence-electron chi connectivity index (χ0n) is 12.7. The van der Waals surface area contributed by atoms with E-state index in [1.165, 1.54) is 16.9 Å². The molecule has 0 saturated heterocycles. The van der Waals surface area contributed by atoms with E-state index in [9.17, 15) is 0 Å². The Morgan fingerprint density at radius 2 is 1.90 bits per heavy atom. The van der Waals surface area contributed by atoms with Crippen molar-refractivity contribution in [2.75, 3.05) is 30.9 Å². The van der Waals surface area contributed by atoms with Crippen LogP contribution in [0.2, 0.25) is 0 Å². The second-order valence-corrected chi connectivity index (χ2v) is 6.27. The fourth-order valence-corrected chi connectivity index (χ4v) is 3.44. The maximum absolute atomic E-state index is 4.76. The highest BCUT2D eigenvalue weighted by Crippen LogP contribution is 2.34. The molecule has 1 N–H and O–H groups in total. The van der Waals surface area contributed by atoms with Gasteiger partial charge in [0.05, 0.1) is 5.69 Å². The van der Waals surface area contributed by atoms with Crippen LogP contribution in [-0.2, 0) is 11.5 Å². The maximum atomic E-state index is 4.76. The molecule has 1 aromatic heterocycles. The van der Waals surface area contributed by atoms with Gasteiger partial charge in [0.1, 0.15) is 5.82 Å². The first-order valence-corrected chi connectivity index (χ1v) is 8.33. The van der Waals surface area contributed by atoms with E-state index in [2.05, 4.69) is 41.4 Å². The summed E-state index contributed by atoms with van der Waals surface area (Å²) in [4.78, 5) is 11.6. The molecule has 1 aliphatic heterocycles. The zero-order valence-corrected chi connectivity index (χ0v) is 13.5. The van der Waals surface area contributed by atoms with Crippen molar-refractivity contribution in [2.24, 2.45) is 0 Å². The topological polar surface area (TPSA) is 41.1 Å². The molecule has 0 aliphatic carbocycles. The first kappa shape index (κ1) is 14.2. The summed E-state index contributed by atoms with van der Waals surface area (Å²) in [5.41, 5.74) is 4.70. The van der Waals surface area contributed by atoms with Crippen LogP contribution in [0.15, 0.2) is 24.3 Å². The van der Waals surface area contributed by atoms with E-state index >= 15 is 0 Å². The van der Waals surface area contributed by atoms with Crippen LogP contribution in [-0.4, -0.2) is 30.6 Å². The summed E-state index contributed by atoms with van der Waals surface area (Å²) in [7, 11) is 4.09. The lowest BCUT2D eigenvalue weighted by Crippen LogP contribution is -2.08. The van der Waals surface area contributed by atoms with Crippen molar-refractivity contribution >= 4 is 23.3 Å². The van der Waals surface area contributed by atoms with E-state index in [0.29, 0.717) is 0 Å². The number of benzene rings is 1. The van der Waals surface area contributed by atoms with Gasteiger partial charge in [-0.15, -0.1) is 0 Å². The summed E-state index contributed by atoms with van der Waals surface area (Å²) in [6, 6.07) is 8.39. The van der Waals surface area contributed by atoms with E-state index in [-0.39, 0.29) is 0 Å². The summed E-state index contributed by atoms with van der Waals surface area (Å²) in [5, 5.41) is 3.37. The van der Waals surface area contributed by atoms with Crippen LogP contribution in [0.3, 0.4) is 0 Å². The van der Waals surface area contributed by atoms with Crippen molar-refractivity contribution in [1.82, 2.24) is 9.97 Å². The molecule has 1 aromatic carbocycles. The van der Waals surface area contributed by atoms with Gasteiger partial charge in [-0.3, -0.25) is 0 Å². The number of fused-ring (bicyclic) bond motifs is 1. The number of nitrogens with zero attached hydrogens (tertiary/aromatic N) is 3. The van der Waals surface area contributed by atoms with Crippen molar-refractivity contribution in [3.8, 4) is 11.4 Å². The third-order valence-electron chi connectivity index (χ3n) is 3.56. The minimum absolute atomic E-state index is 0.817.